The topological polar surface area (TPSA) is 52.3 Å². The molecule has 0 saturated heterocycles. The van der Waals surface area contributed by atoms with Crippen LogP contribution in [0.5, 0.6) is 0 Å². The Morgan fingerprint density at radius 3 is 2.81 bits per heavy atom. The van der Waals surface area contributed by atoms with Crippen molar-refractivity contribution in [2.24, 2.45) is 5.73 Å². The Morgan fingerprint density at radius 1 is 1.44 bits per heavy atom. The molecule has 0 amide bonds. The van der Waals surface area contributed by atoms with Gasteiger partial charge in [0.25, 0.3) is 0 Å². The average Bonchev–Trinajstić information content (AvgIpc) is 2.72. The van der Waals surface area contributed by atoms with Crippen LogP contribution in [0.25, 0.3) is 5.57 Å². The van der Waals surface area contributed by atoms with Crippen LogP contribution in [-0.2, 0) is 16.0 Å². The van der Waals surface area contributed by atoms with Crippen molar-refractivity contribution in [1.29, 1.82) is 0 Å². The molecular formula is C13H15NO2. The molecule has 0 heterocycles. The third kappa shape index (κ3) is 1.53. The smallest absolute Gasteiger partial charge is 0.330 e. The zero-order valence-electron chi connectivity index (χ0n) is 9.49. The molecule has 0 saturated carbocycles. The Kier molecular flexibility index (Phi) is 2.56. The highest BCUT2D eigenvalue weighted by molar-refractivity contribution is 5.98. The molecule has 1 aliphatic rings. The van der Waals surface area contributed by atoms with Crippen molar-refractivity contribution >= 4 is 11.5 Å². The first-order valence-corrected chi connectivity index (χ1v) is 5.23. The van der Waals surface area contributed by atoms with E-state index in [9.17, 15) is 4.79 Å². The minimum absolute atomic E-state index is 0.407. The van der Waals surface area contributed by atoms with Crippen LogP contribution in [0.15, 0.2) is 30.3 Å². The van der Waals surface area contributed by atoms with E-state index in [2.05, 4.69) is 0 Å². The van der Waals surface area contributed by atoms with E-state index in [-0.39, 0.29) is 0 Å². The van der Waals surface area contributed by atoms with Gasteiger partial charge in [0, 0.05) is 0 Å². The summed E-state index contributed by atoms with van der Waals surface area (Å²) in [4.78, 5) is 11.6. The number of methoxy groups -OCH3 is 1. The number of hydrogen-bond donors (Lipinski definition) is 1. The summed E-state index contributed by atoms with van der Waals surface area (Å²) in [7, 11) is 1.36. The quantitative estimate of drug-likeness (QED) is 0.767. The maximum atomic E-state index is 11.6. The van der Waals surface area contributed by atoms with E-state index in [0.717, 1.165) is 17.6 Å². The molecule has 84 valence electrons. The fourth-order valence-corrected chi connectivity index (χ4v) is 2.10. The molecule has 1 aromatic rings. The lowest BCUT2D eigenvalue weighted by Gasteiger charge is -2.24. The molecule has 0 fully saturated rings. The normalized spacial score (nSPS) is 17.3. The Hall–Kier alpha value is -1.61. The van der Waals surface area contributed by atoms with Crippen molar-refractivity contribution in [1.82, 2.24) is 0 Å². The van der Waals surface area contributed by atoms with E-state index in [1.165, 1.54) is 12.7 Å². The van der Waals surface area contributed by atoms with Crippen molar-refractivity contribution < 1.29 is 9.53 Å². The number of carbonyl (C=O) groups is 1. The Morgan fingerprint density at radius 2 is 2.12 bits per heavy atom. The first-order valence-electron chi connectivity index (χ1n) is 5.23. The van der Waals surface area contributed by atoms with Crippen molar-refractivity contribution in [2.45, 2.75) is 18.9 Å². The minimum Gasteiger partial charge on any atom is -0.467 e. The zero-order chi connectivity index (χ0) is 11.8. The van der Waals surface area contributed by atoms with Crippen LogP contribution in [-0.4, -0.2) is 18.6 Å². The van der Waals surface area contributed by atoms with Gasteiger partial charge in [-0.05, 0) is 30.0 Å². The van der Waals surface area contributed by atoms with Crippen molar-refractivity contribution in [3.8, 4) is 0 Å². The molecule has 2 rings (SSSR count). The zero-order valence-corrected chi connectivity index (χ0v) is 9.49. The second kappa shape index (κ2) is 3.76. The molecule has 1 unspecified atom stereocenters. The first kappa shape index (κ1) is 10.9. The average molecular weight is 219 g/mol. The fourth-order valence-electron chi connectivity index (χ4n) is 2.10. The molecule has 1 atom stereocenters. The summed E-state index contributed by atoms with van der Waals surface area (Å²) in [6, 6.07) is 7.97. The molecule has 0 bridgehead atoms. The van der Waals surface area contributed by atoms with E-state index < -0.39 is 11.5 Å². The molecular weight excluding hydrogens is 204 g/mol. The molecule has 0 aliphatic heterocycles. The van der Waals surface area contributed by atoms with Crippen LogP contribution >= 0.6 is 0 Å². The van der Waals surface area contributed by atoms with Crippen molar-refractivity contribution in [3.63, 3.8) is 0 Å². The summed E-state index contributed by atoms with van der Waals surface area (Å²) in [6.07, 6.45) is 2.83. The lowest BCUT2D eigenvalue weighted by atomic mass is 9.97. The second-order valence-electron chi connectivity index (χ2n) is 4.17. The van der Waals surface area contributed by atoms with Crippen LogP contribution in [0.4, 0.5) is 0 Å². The second-order valence-corrected chi connectivity index (χ2v) is 4.17. The Labute approximate surface area is 94.9 Å². The SMILES string of the molecule is CO[14C](=O)C(C)(N)C1=CCc2ccccc21. The predicted molar refractivity (Wildman–Crippen MR) is 62.7 cm³/mol. The maximum Gasteiger partial charge on any atom is 0.330 e. The van der Waals surface area contributed by atoms with Gasteiger partial charge in [-0.2, -0.15) is 0 Å². The summed E-state index contributed by atoms with van der Waals surface area (Å²) in [5.74, 6) is -0.407. The van der Waals surface area contributed by atoms with E-state index in [0.29, 0.717) is 0 Å². The van der Waals surface area contributed by atoms with Gasteiger partial charge in [-0.1, -0.05) is 30.3 Å². The van der Waals surface area contributed by atoms with E-state index in [1.54, 1.807) is 6.92 Å². The number of rotatable bonds is 2. The molecule has 0 aromatic heterocycles. The van der Waals surface area contributed by atoms with Crippen LogP contribution in [0.3, 0.4) is 0 Å². The number of benzene rings is 1. The monoisotopic (exact) mass is 219 g/mol. The van der Waals surface area contributed by atoms with Gasteiger partial charge in [0.15, 0.2) is 0 Å². The predicted octanol–water partition coefficient (Wildman–Crippen LogP) is 1.52. The van der Waals surface area contributed by atoms with Crippen molar-refractivity contribution in [2.75, 3.05) is 7.11 Å². The molecule has 0 spiro atoms. The van der Waals surface area contributed by atoms with Gasteiger partial charge in [-0.25, -0.2) is 4.79 Å². The Balaban J connectivity index is 2.42. The van der Waals surface area contributed by atoms with Gasteiger partial charge in [0.2, 0.25) is 0 Å². The fraction of sp³-hybridized carbons (Fsp3) is 0.308. The highest BCUT2D eigenvalue weighted by atomic mass is 16.8. The Bertz CT molecular complexity index is 461. The van der Waals surface area contributed by atoms with Crippen molar-refractivity contribution in [3.05, 3.63) is 41.5 Å². The molecule has 1 aromatic carbocycles. The van der Waals surface area contributed by atoms with Gasteiger partial charge in [-0.15, -0.1) is 0 Å². The van der Waals surface area contributed by atoms with Gasteiger partial charge in [-0.3, -0.25) is 0 Å². The highest BCUT2D eigenvalue weighted by Gasteiger charge is 2.36. The number of hydrogen-bond acceptors (Lipinski definition) is 3. The molecule has 1 aliphatic carbocycles. The molecule has 2 N–H and O–H groups in total. The van der Waals surface area contributed by atoms with E-state index >= 15 is 0 Å². The lowest BCUT2D eigenvalue weighted by molar-refractivity contribution is -0.144. The van der Waals surface area contributed by atoms with Gasteiger partial charge in [0.05, 0.1) is 7.11 Å². The lowest BCUT2D eigenvalue weighted by Crippen LogP contribution is -2.46. The molecule has 3 heteroatoms. The third-order valence-electron chi connectivity index (χ3n) is 3.00. The summed E-state index contributed by atoms with van der Waals surface area (Å²) in [6.45, 7) is 1.69. The summed E-state index contributed by atoms with van der Waals surface area (Å²) in [5.41, 5.74) is 8.10. The molecule has 16 heavy (non-hydrogen) atoms. The van der Waals surface area contributed by atoms with Crippen LogP contribution in [0.1, 0.15) is 18.1 Å². The van der Waals surface area contributed by atoms with E-state index in [4.69, 9.17) is 10.5 Å². The van der Waals surface area contributed by atoms with Gasteiger partial charge >= 0.3 is 5.97 Å². The number of carbonyl (C=O) groups excluding carboxylic acids is 1. The maximum absolute atomic E-state index is 11.6. The largest absolute Gasteiger partial charge is 0.467 e. The number of ether oxygens (including phenoxy) is 1. The number of allylic oxidation sites excluding steroid dienone is 1. The van der Waals surface area contributed by atoms with Crippen LogP contribution in [0, 0.1) is 0 Å². The molecule has 3 nitrogen and oxygen atoms in total. The summed E-state index contributed by atoms with van der Waals surface area (Å²) in [5, 5.41) is 0. The summed E-state index contributed by atoms with van der Waals surface area (Å²) < 4.78 is 4.74. The first-order chi connectivity index (χ1) is 7.57. The molecule has 0 radical (unpaired) electrons. The van der Waals surface area contributed by atoms with Gasteiger partial charge in [0.1, 0.15) is 5.54 Å². The van der Waals surface area contributed by atoms with Crippen LogP contribution in [0.2, 0.25) is 0 Å². The van der Waals surface area contributed by atoms with Gasteiger partial charge < -0.3 is 10.5 Å². The van der Waals surface area contributed by atoms with Crippen LogP contribution < -0.4 is 5.73 Å². The number of fused-ring (bicyclic) bond motifs is 1. The third-order valence-corrected chi connectivity index (χ3v) is 3.00. The van der Waals surface area contributed by atoms with E-state index in [1.807, 2.05) is 30.3 Å². The number of esters is 1. The number of nitrogens with two attached hydrogens (primary N) is 1. The minimum atomic E-state index is -1.07. The standard InChI is InChI=1S/C13H15NO2/c1-13(14,12(15)16-2)11-8-7-9-5-3-4-6-10(9)11/h3-6,8H,7,14H2,1-2H3/i12+2. The summed E-state index contributed by atoms with van der Waals surface area (Å²) >= 11 is 0. The highest BCUT2D eigenvalue weighted by Crippen LogP contribution is 2.34.